The second-order valence-electron chi connectivity index (χ2n) is 5.12. The van der Waals surface area contributed by atoms with E-state index < -0.39 is 6.04 Å². The van der Waals surface area contributed by atoms with Crippen molar-refractivity contribution in [2.24, 2.45) is 5.73 Å². The van der Waals surface area contributed by atoms with Gasteiger partial charge in [-0.15, -0.1) is 0 Å². The highest BCUT2D eigenvalue weighted by molar-refractivity contribution is 8.14. The van der Waals surface area contributed by atoms with E-state index in [2.05, 4.69) is 5.32 Å². The molecule has 0 bridgehead atoms. The van der Waals surface area contributed by atoms with Gasteiger partial charge in [0.15, 0.2) is 0 Å². The minimum atomic E-state index is -0.512. The van der Waals surface area contributed by atoms with Gasteiger partial charge in [0, 0.05) is 5.69 Å². The van der Waals surface area contributed by atoms with Crippen LogP contribution in [0.1, 0.15) is 25.3 Å². The second kappa shape index (κ2) is 7.42. The highest BCUT2D eigenvalue weighted by Crippen LogP contribution is 2.21. The first kappa shape index (κ1) is 16.5. The lowest BCUT2D eigenvalue weighted by molar-refractivity contribution is -0.125. The van der Waals surface area contributed by atoms with Crippen molar-refractivity contribution in [2.75, 3.05) is 11.1 Å². The molecule has 3 amide bonds. The maximum Gasteiger partial charge on any atom is 0.289 e. The lowest BCUT2D eigenvalue weighted by Gasteiger charge is -2.14. The van der Waals surface area contributed by atoms with Crippen molar-refractivity contribution in [1.82, 2.24) is 4.90 Å². The topological polar surface area (TPSA) is 92.5 Å². The summed E-state index contributed by atoms with van der Waals surface area (Å²) in [4.78, 5) is 36.1. The lowest BCUT2D eigenvalue weighted by atomic mass is 10.1. The Balaban J connectivity index is 1.94. The Morgan fingerprint density at radius 3 is 2.59 bits per heavy atom. The molecule has 7 heteroatoms. The number of imide groups is 1. The normalized spacial score (nSPS) is 16.0. The number of nitrogens with two attached hydrogens (primary N) is 1. The number of nitrogens with one attached hydrogen (secondary N) is 1. The number of hydrogen-bond acceptors (Lipinski definition) is 5. The minimum Gasteiger partial charge on any atom is -0.325 e. The van der Waals surface area contributed by atoms with Crippen molar-refractivity contribution in [1.29, 1.82) is 0 Å². The zero-order chi connectivity index (χ0) is 16.1. The zero-order valence-corrected chi connectivity index (χ0v) is 13.2. The first-order chi connectivity index (χ1) is 10.5. The van der Waals surface area contributed by atoms with Crippen molar-refractivity contribution in [3.05, 3.63) is 29.8 Å². The molecular formula is C15H19N3O3S. The van der Waals surface area contributed by atoms with Gasteiger partial charge in [0.1, 0.15) is 0 Å². The maximum atomic E-state index is 11.8. The molecule has 3 N–H and O–H groups in total. The molecule has 0 aromatic heterocycles. The molecule has 1 aromatic rings. The van der Waals surface area contributed by atoms with Gasteiger partial charge in [0.25, 0.3) is 5.24 Å². The molecule has 22 heavy (non-hydrogen) atoms. The van der Waals surface area contributed by atoms with Crippen LogP contribution in [0.5, 0.6) is 0 Å². The van der Waals surface area contributed by atoms with Gasteiger partial charge in [0.2, 0.25) is 11.8 Å². The summed E-state index contributed by atoms with van der Waals surface area (Å²) in [5.41, 5.74) is 7.23. The summed E-state index contributed by atoms with van der Waals surface area (Å²) in [7, 11) is 0. The molecule has 1 heterocycles. The van der Waals surface area contributed by atoms with E-state index in [0.717, 1.165) is 23.7 Å². The van der Waals surface area contributed by atoms with E-state index in [1.165, 1.54) is 4.90 Å². The Hall–Kier alpha value is -1.86. The van der Waals surface area contributed by atoms with Crippen LogP contribution in [0.4, 0.5) is 10.5 Å². The smallest absolute Gasteiger partial charge is 0.289 e. The minimum absolute atomic E-state index is 0.169. The fourth-order valence-electron chi connectivity index (χ4n) is 2.09. The van der Waals surface area contributed by atoms with Crippen LogP contribution in [-0.2, 0) is 16.1 Å². The molecule has 1 fully saturated rings. The number of anilines is 1. The van der Waals surface area contributed by atoms with Gasteiger partial charge in [-0.05, 0) is 24.1 Å². The predicted molar refractivity (Wildman–Crippen MR) is 86.4 cm³/mol. The van der Waals surface area contributed by atoms with Gasteiger partial charge in [0.05, 0.1) is 18.3 Å². The molecular weight excluding hydrogens is 302 g/mol. The van der Waals surface area contributed by atoms with Gasteiger partial charge in [-0.25, -0.2) is 0 Å². The highest BCUT2D eigenvalue weighted by Gasteiger charge is 2.29. The average Bonchev–Trinajstić information content (AvgIpc) is 2.81. The molecule has 1 aliphatic rings. The Labute approximate surface area is 133 Å². The number of amides is 3. The van der Waals surface area contributed by atoms with E-state index in [0.29, 0.717) is 12.1 Å². The predicted octanol–water partition coefficient (Wildman–Crippen LogP) is 1.95. The SMILES string of the molecule is CCCC(N)C(=O)Nc1ccc(CN2C(=O)CSC2=O)cc1. The fourth-order valence-corrected chi connectivity index (χ4v) is 2.81. The van der Waals surface area contributed by atoms with Crippen molar-refractivity contribution in [3.8, 4) is 0 Å². The van der Waals surface area contributed by atoms with Crippen LogP contribution in [0, 0.1) is 0 Å². The molecule has 6 nitrogen and oxygen atoms in total. The fraction of sp³-hybridized carbons (Fsp3) is 0.400. The molecule has 1 saturated heterocycles. The second-order valence-corrected chi connectivity index (χ2v) is 6.04. The van der Waals surface area contributed by atoms with Crippen molar-refractivity contribution < 1.29 is 14.4 Å². The van der Waals surface area contributed by atoms with Gasteiger partial charge in [-0.2, -0.15) is 0 Å². The van der Waals surface area contributed by atoms with Crippen LogP contribution in [-0.4, -0.2) is 33.7 Å². The summed E-state index contributed by atoms with van der Waals surface area (Å²) in [5, 5.41) is 2.53. The quantitative estimate of drug-likeness (QED) is 0.835. The Kier molecular flexibility index (Phi) is 5.57. The van der Waals surface area contributed by atoms with Crippen LogP contribution in [0.3, 0.4) is 0 Å². The molecule has 1 unspecified atom stereocenters. The van der Waals surface area contributed by atoms with Crippen molar-refractivity contribution >= 4 is 34.5 Å². The molecule has 1 atom stereocenters. The molecule has 1 aliphatic heterocycles. The average molecular weight is 321 g/mol. The third-order valence-corrected chi connectivity index (χ3v) is 4.20. The number of carbonyl (C=O) groups excluding carboxylic acids is 3. The number of carbonyl (C=O) groups is 3. The van der Waals surface area contributed by atoms with Crippen LogP contribution in [0.15, 0.2) is 24.3 Å². The van der Waals surface area contributed by atoms with E-state index in [1.54, 1.807) is 24.3 Å². The van der Waals surface area contributed by atoms with Gasteiger partial charge >= 0.3 is 0 Å². The Morgan fingerprint density at radius 1 is 1.36 bits per heavy atom. The molecule has 1 aromatic carbocycles. The first-order valence-corrected chi connectivity index (χ1v) is 8.12. The number of rotatable bonds is 6. The third-order valence-electron chi connectivity index (χ3n) is 3.34. The molecule has 0 saturated carbocycles. The summed E-state index contributed by atoms with van der Waals surface area (Å²) in [6, 6.07) is 6.53. The summed E-state index contributed by atoms with van der Waals surface area (Å²) in [5.74, 6) is -0.170. The van der Waals surface area contributed by atoms with E-state index in [1.807, 2.05) is 6.92 Å². The van der Waals surface area contributed by atoms with E-state index >= 15 is 0 Å². The third kappa shape index (κ3) is 4.08. The van der Waals surface area contributed by atoms with Crippen LogP contribution in [0.25, 0.3) is 0 Å². The van der Waals surface area contributed by atoms with Crippen molar-refractivity contribution in [3.63, 3.8) is 0 Å². The largest absolute Gasteiger partial charge is 0.325 e. The Bertz CT molecular complexity index is 558. The summed E-state index contributed by atoms with van der Waals surface area (Å²) in [6.07, 6.45) is 1.49. The number of hydrogen-bond donors (Lipinski definition) is 2. The molecule has 0 radical (unpaired) electrons. The molecule has 0 aliphatic carbocycles. The van der Waals surface area contributed by atoms with Crippen LogP contribution >= 0.6 is 11.8 Å². The maximum absolute atomic E-state index is 11.8. The van der Waals surface area contributed by atoms with Gasteiger partial charge in [-0.3, -0.25) is 19.3 Å². The van der Waals surface area contributed by atoms with Crippen LogP contribution < -0.4 is 11.1 Å². The van der Waals surface area contributed by atoms with E-state index in [4.69, 9.17) is 5.73 Å². The van der Waals surface area contributed by atoms with Crippen LogP contribution in [0.2, 0.25) is 0 Å². The molecule has 2 rings (SSSR count). The standard InChI is InChI=1S/C15H19N3O3S/c1-2-3-12(16)14(20)17-11-6-4-10(5-7-11)8-18-13(19)9-22-15(18)21/h4-7,12H,2-3,8-9,16H2,1H3,(H,17,20). The lowest BCUT2D eigenvalue weighted by Crippen LogP contribution is -2.35. The van der Waals surface area contributed by atoms with E-state index in [9.17, 15) is 14.4 Å². The monoisotopic (exact) mass is 321 g/mol. The Morgan fingerprint density at radius 2 is 2.05 bits per heavy atom. The first-order valence-electron chi connectivity index (χ1n) is 7.13. The van der Waals surface area contributed by atoms with Gasteiger partial charge in [-0.1, -0.05) is 37.2 Å². The molecule has 118 valence electrons. The van der Waals surface area contributed by atoms with Gasteiger partial charge < -0.3 is 11.1 Å². The number of thioether (sulfide) groups is 1. The van der Waals surface area contributed by atoms with Crippen molar-refractivity contribution in [2.45, 2.75) is 32.4 Å². The number of benzene rings is 1. The summed E-state index contributed by atoms with van der Waals surface area (Å²) < 4.78 is 0. The summed E-state index contributed by atoms with van der Waals surface area (Å²) >= 11 is 1.02. The van der Waals surface area contributed by atoms with E-state index in [-0.39, 0.29) is 29.4 Å². The zero-order valence-electron chi connectivity index (χ0n) is 12.4. The summed E-state index contributed by atoms with van der Waals surface area (Å²) in [6.45, 7) is 2.23. The highest BCUT2D eigenvalue weighted by atomic mass is 32.2. The molecule has 0 spiro atoms. The number of nitrogens with zero attached hydrogens (tertiary/aromatic N) is 1.